The number of carbonyl (C=O) groups is 1. The number of alkyl halides is 2. The standard InChI is InChI=1S/C13H10F3NO3/c1-2-19-13(18)10-9(11(15)16)17-12(20-10)7-5-3-4-6-8(7)14/h3-6,11H,2H2,1H3. The van der Waals surface area contributed by atoms with E-state index in [0.717, 1.165) is 6.07 Å². The van der Waals surface area contributed by atoms with Crippen LogP contribution in [0.4, 0.5) is 13.2 Å². The van der Waals surface area contributed by atoms with Gasteiger partial charge < -0.3 is 9.15 Å². The summed E-state index contributed by atoms with van der Waals surface area (Å²) < 4.78 is 48.8. The normalized spacial score (nSPS) is 10.8. The number of esters is 1. The maximum atomic E-state index is 13.6. The highest BCUT2D eigenvalue weighted by Crippen LogP contribution is 2.29. The van der Waals surface area contributed by atoms with Gasteiger partial charge in [-0.15, -0.1) is 0 Å². The van der Waals surface area contributed by atoms with Crippen molar-refractivity contribution in [3.63, 3.8) is 0 Å². The number of benzene rings is 1. The number of aromatic nitrogens is 1. The van der Waals surface area contributed by atoms with Crippen LogP contribution in [-0.2, 0) is 4.74 Å². The molecule has 0 fully saturated rings. The first-order valence-corrected chi connectivity index (χ1v) is 5.75. The molecule has 2 rings (SSSR count). The molecule has 0 N–H and O–H groups in total. The highest BCUT2D eigenvalue weighted by atomic mass is 19.3. The minimum Gasteiger partial charge on any atom is -0.460 e. The second-order valence-electron chi connectivity index (χ2n) is 3.73. The van der Waals surface area contributed by atoms with E-state index in [1.54, 1.807) is 0 Å². The van der Waals surface area contributed by atoms with E-state index < -0.39 is 29.7 Å². The van der Waals surface area contributed by atoms with Crippen LogP contribution in [0, 0.1) is 5.82 Å². The molecule has 0 spiro atoms. The Morgan fingerprint density at radius 3 is 2.70 bits per heavy atom. The molecule has 0 atom stereocenters. The van der Waals surface area contributed by atoms with Crippen molar-refractivity contribution in [1.82, 2.24) is 4.98 Å². The number of hydrogen-bond acceptors (Lipinski definition) is 4. The van der Waals surface area contributed by atoms with E-state index in [9.17, 15) is 18.0 Å². The Bertz CT molecular complexity index is 625. The van der Waals surface area contributed by atoms with Gasteiger partial charge in [0, 0.05) is 0 Å². The fourth-order valence-electron chi connectivity index (χ4n) is 1.57. The smallest absolute Gasteiger partial charge is 0.376 e. The highest BCUT2D eigenvalue weighted by molar-refractivity contribution is 5.88. The maximum Gasteiger partial charge on any atom is 0.376 e. The van der Waals surface area contributed by atoms with Gasteiger partial charge in [-0.25, -0.2) is 22.9 Å². The zero-order valence-electron chi connectivity index (χ0n) is 10.4. The van der Waals surface area contributed by atoms with E-state index in [0.29, 0.717) is 0 Å². The lowest BCUT2D eigenvalue weighted by Crippen LogP contribution is -2.06. The predicted octanol–water partition coefficient (Wildman–Crippen LogP) is 3.60. The molecule has 0 unspecified atom stereocenters. The molecule has 7 heteroatoms. The molecule has 4 nitrogen and oxygen atoms in total. The Morgan fingerprint density at radius 2 is 2.10 bits per heavy atom. The van der Waals surface area contributed by atoms with E-state index in [-0.39, 0.29) is 18.1 Å². The minimum absolute atomic E-state index is 0.00274. The van der Waals surface area contributed by atoms with Crippen LogP contribution >= 0.6 is 0 Å². The van der Waals surface area contributed by atoms with Gasteiger partial charge in [-0.3, -0.25) is 0 Å². The zero-order chi connectivity index (χ0) is 14.7. The summed E-state index contributed by atoms with van der Waals surface area (Å²) >= 11 is 0. The van der Waals surface area contributed by atoms with Gasteiger partial charge >= 0.3 is 5.97 Å². The molecule has 1 heterocycles. The second-order valence-corrected chi connectivity index (χ2v) is 3.73. The van der Waals surface area contributed by atoms with Crippen LogP contribution in [-0.4, -0.2) is 17.6 Å². The van der Waals surface area contributed by atoms with Gasteiger partial charge in [0.15, 0.2) is 5.69 Å². The van der Waals surface area contributed by atoms with Crippen LogP contribution < -0.4 is 0 Å². The number of rotatable bonds is 4. The summed E-state index contributed by atoms with van der Waals surface area (Å²) in [5, 5.41) is 0. The average Bonchev–Trinajstić information content (AvgIpc) is 2.84. The second kappa shape index (κ2) is 5.77. The number of hydrogen-bond donors (Lipinski definition) is 0. The molecule has 0 saturated carbocycles. The van der Waals surface area contributed by atoms with Crippen LogP contribution in [0.2, 0.25) is 0 Å². The Hall–Kier alpha value is -2.31. The van der Waals surface area contributed by atoms with Crippen LogP contribution in [0.1, 0.15) is 29.6 Å². The Kier molecular flexibility index (Phi) is 4.07. The van der Waals surface area contributed by atoms with Crippen molar-refractivity contribution in [1.29, 1.82) is 0 Å². The quantitative estimate of drug-likeness (QED) is 0.805. The molecule has 1 aromatic carbocycles. The summed E-state index contributed by atoms with van der Waals surface area (Å²) in [5.74, 6) is -2.84. The van der Waals surface area contributed by atoms with Crippen LogP contribution in [0.15, 0.2) is 28.7 Å². The van der Waals surface area contributed by atoms with Crippen molar-refractivity contribution in [2.24, 2.45) is 0 Å². The fourth-order valence-corrected chi connectivity index (χ4v) is 1.57. The highest BCUT2D eigenvalue weighted by Gasteiger charge is 2.28. The third kappa shape index (κ3) is 2.66. The summed E-state index contributed by atoms with van der Waals surface area (Å²) in [6, 6.07) is 5.37. The van der Waals surface area contributed by atoms with Gasteiger partial charge in [-0.1, -0.05) is 12.1 Å². The monoisotopic (exact) mass is 285 g/mol. The van der Waals surface area contributed by atoms with E-state index in [1.807, 2.05) is 0 Å². The Balaban J connectivity index is 2.50. The third-order valence-electron chi connectivity index (χ3n) is 2.43. The van der Waals surface area contributed by atoms with Gasteiger partial charge in [0.05, 0.1) is 12.2 Å². The van der Waals surface area contributed by atoms with E-state index in [1.165, 1.54) is 25.1 Å². The SMILES string of the molecule is CCOC(=O)c1oc(-c2ccccc2F)nc1C(F)F. The summed E-state index contributed by atoms with van der Waals surface area (Å²) in [6.07, 6.45) is -3.03. The predicted molar refractivity (Wildman–Crippen MR) is 62.8 cm³/mol. The fraction of sp³-hybridized carbons (Fsp3) is 0.231. The number of halogens is 3. The van der Waals surface area contributed by atoms with Gasteiger partial charge in [0.25, 0.3) is 6.43 Å². The first-order chi connectivity index (χ1) is 9.54. The van der Waals surface area contributed by atoms with Gasteiger partial charge in [0.2, 0.25) is 11.7 Å². The molecule has 2 aromatic rings. The van der Waals surface area contributed by atoms with Crippen LogP contribution in [0.25, 0.3) is 11.5 Å². The van der Waals surface area contributed by atoms with Crippen LogP contribution in [0.3, 0.4) is 0 Å². The number of carbonyl (C=O) groups excluding carboxylic acids is 1. The molecule has 0 bridgehead atoms. The summed E-state index contributed by atoms with van der Waals surface area (Å²) in [6.45, 7) is 1.52. The molecule has 0 aliphatic rings. The molecule has 0 amide bonds. The lowest BCUT2D eigenvalue weighted by molar-refractivity contribution is 0.0476. The van der Waals surface area contributed by atoms with Gasteiger partial charge in [-0.2, -0.15) is 0 Å². The van der Waals surface area contributed by atoms with Crippen molar-refractivity contribution in [3.8, 4) is 11.5 Å². The lowest BCUT2D eigenvalue weighted by atomic mass is 10.2. The number of ether oxygens (including phenoxy) is 1. The first kappa shape index (κ1) is 14.1. The minimum atomic E-state index is -3.03. The topological polar surface area (TPSA) is 52.3 Å². The molecular weight excluding hydrogens is 275 g/mol. The average molecular weight is 285 g/mol. The first-order valence-electron chi connectivity index (χ1n) is 5.75. The summed E-state index contributed by atoms with van der Waals surface area (Å²) in [7, 11) is 0. The van der Waals surface area contributed by atoms with Crippen molar-refractivity contribution in [2.45, 2.75) is 13.3 Å². The van der Waals surface area contributed by atoms with Crippen molar-refractivity contribution < 1.29 is 27.1 Å². The van der Waals surface area contributed by atoms with E-state index in [4.69, 9.17) is 4.42 Å². The van der Waals surface area contributed by atoms with Crippen molar-refractivity contribution in [2.75, 3.05) is 6.61 Å². The molecule has 0 aliphatic heterocycles. The van der Waals surface area contributed by atoms with E-state index in [2.05, 4.69) is 9.72 Å². The molecule has 0 radical (unpaired) electrons. The van der Waals surface area contributed by atoms with Crippen LogP contribution in [0.5, 0.6) is 0 Å². The zero-order valence-corrected chi connectivity index (χ0v) is 10.4. The Labute approximate surface area is 112 Å². The summed E-state index contributed by atoms with van der Waals surface area (Å²) in [4.78, 5) is 15.0. The number of nitrogens with zero attached hydrogens (tertiary/aromatic N) is 1. The molecule has 106 valence electrons. The lowest BCUT2D eigenvalue weighted by Gasteiger charge is -1.99. The number of oxazole rings is 1. The van der Waals surface area contributed by atoms with E-state index >= 15 is 0 Å². The van der Waals surface area contributed by atoms with Crippen molar-refractivity contribution in [3.05, 3.63) is 41.5 Å². The molecule has 0 aliphatic carbocycles. The Morgan fingerprint density at radius 1 is 1.40 bits per heavy atom. The van der Waals surface area contributed by atoms with Crippen molar-refractivity contribution >= 4 is 5.97 Å². The largest absolute Gasteiger partial charge is 0.460 e. The summed E-state index contributed by atoms with van der Waals surface area (Å²) in [5.41, 5.74) is -0.966. The van der Waals surface area contributed by atoms with Gasteiger partial charge in [-0.05, 0) is 19.1 Å². The molecular formula is C13H10F3NO3. The molecule has 20 heavy (non-hydrogen) atoms. The third-order valence-corrected chi connectivity index (χ3v) is 2.43. The van der Waals surface area contributed by atoms with Gasteiger partial charge in [0.1, 0.15) is 5.82 Å². The maximum absolute atomic E-state index is 13.6. The molecule has 1 aromatic heterocycles. The molecule has 0 saturated heterocycles.